The van der Waals surface area contributed by atoms with Gasteiger partial charge in [-0.2, -0.15) is 0 Å². The second-order valence-corrected chi connectivity index (χ2v) is 3.83. The summed E-state index contributed by atoms with van der Waals surface area (Å²) >= 11 is 3.32. The predicted octanol–water partition coefficient (Wildman–Crippen LogP) is 3.81. The largest absolute Gasteiger partial charge is 0.449 e. The van der Waals surface area contributed by atoms with E-state index in [9.17, 15) is 0 Å². The molecule has 0 radical (unpaired) electrons. The molecule has 62 valence electrons. The molecule has 0 saturated heterocycles. The Bertz CT molecular complexity index is 429. The van der Waals surface area contributed by atoms with Gasteiger partial charge in [-0.05, 0) is 53.0 Å². The van der Waals surface area contributed by atoms with Crippen LogP contribution in [0, 0.1) is 13.8 Å². The van der Waals surface area contributed by atoms with Crippen molar-refractivity contribution in [3.63, 3.8) is 0 Å². The molecule has 0 fully saturated rings. The number of hydrogen-bond acceptors (Lipinski definition) is 1. The van der Waals surface area contributed by atoms with E-state index in [1.54, 1.807) is 0 Å². The lowest BCUT2D eigenvalue weighted by molar-refractivity contribution is 0.587. The molecule has 0 bridgehead atoms. The molecule has 0 unspecified atom stereocenters. The molecule has 1 heterocycles. The topological polar surface area (TPSA) is 13.1 Å². The van der Waals surface area contributed by atoms with Gasteiger partial charge in [-0.1, -0.05) is 6.07 Å². The third-order valence-corrected chi connectivity index (χ3v) is 2.35. The summed E-state index contributed by atoms with van der Waals surface area (Å²) in [6.07, 6.45) is 0. The third-order valence-electron chi connectivity index (χ3n) is 1.96. The number of hydrogen-bond donors (Lipinski definition) is 0. The van der Waals surface area contributed by atoms with Crippen LogP contribution in [-0.2, 0) is 0 Å². The Morgan fingerprint density at radius 1 is 1.17 bits per heavy atom. The molecular formula is C10H9BrO. The molecule has 0 atom stereocenters. The highest BCUT2D eigenvalue weighted by Gasteiger charge is 2.03. The van der Waals surface area contributed by atoms with Crippen molar-refractivity contribution in [1.29, 1.82) is 0 Å². The van der Waals surface area contributed by atoms with Crippen LogP contribution in [0.15, 0.2) is 27.3 Å². The summed E-state index contributed by atoms with van der Waals surface area (Å²) in [4.78, 5) is 0. The van der Waals surface area contributed by atoms with Gasteiger partial charge in [-0.15, -0.1) is 0 Å². The Hall–Kier alpha value is -0.760. The molecule has 2 rings (SSSR count). The van der Waals surface area contributed by atoms with E-state index in [4.69, 9.17) is 4.42 Å². The summed E-state index contributed by atoms with van der Waals surface area (Å²) in [5.41, 5.74) is 3.46. The second-order valence-electron chi connectivity index (χ2n) is 3.04. The van der Waals surface area contributed by atoms with Crippen molar-refractivity contribution in [2.75, 3.05) is 0 Å². The molecule has 0 aliphatic carbocycles. The first-order chi connectivity index (χ1) is 5.66. The third kappa shape index (κ3) is 1.16. The van der Waals surface area contributed by atoms with E-state index >= 15 is 0 Å². The van der Waals surface area contributed by atoms with Crippen molar-refractivity contribution in [1.82, 2.24) is 0 Å². The highest BCUT2D eigenvalue weighted by atomic mass is 79.9. The van der Waals surface area contributed by atoms with Crippen molar-refractivity contribution >= 4 is 26.9 Å². The Kier molecular flexibility index (Phi) is 1.72. The quantitative estimate of drug-likeness (QED) is 0.664. The summed E-state index contributed by atoms with van der Waals surface area (Å²) < 4.78 is 6.24. The Morgan fingerprint density at radius 2 is 1.92 bits per heavy atom. The van der Waals surface area contributed by atoms with Gasteiger partial charge < -0.3 is 4.42 Å². The van der Waals surface area contributed by atoms with Gasteiger partial charge in [0.1, 0.15) is 5.58 Å². The fraction of sp³-hybridized carbons (Fsp3) is 0.200. The van der Waals surface area contributed by atoms with Gasteiger partial charge in [0, 0.05) is 5.39 Å². The van der Waals surface area contributed by atoms with Crippen LogP contribution < -0.4 is 0 Å². The number of halogens is 1. The maximum Gasteiger partial charge on any atom is 0.170 e. The van der Waals surface area contributed by atoms with E-state index in [-0.39, 0.29) is 0 Å². The van der Waals surface area contributed by atoms with Gasteiger partial charge in [-0.3, -0.25) is 0 Å². The summed E-state index contributed by atoms with van der Waals surface area (Å²) in [6.45, 7) is 4.17. The molecule has 1 aromatic heterocycles. The van der Waals surface area contributed by atoms with Crippen molar-refractivity contribution < 1.29 is 4.42 Å². The lowest BCUT2D eigenvalue weighted by atomic mass is 10.1. The van der Waals surface area contributed by atoms with Gasteiger partial charge in [0.15, 0.2) is 4.67 Å². The highest BCUT2D eigenvalue weighted by molar-refractivity contribution is 9.10. The maximum absolute atomic E-state index is 5.45. The maximum atomic E-state index is 5.45. The minimum Gasteiger partial charge on any atom is -0.449 e. The summed E-state index contributed by atoms with van der Waals surface area (Å²) in [5.74, 6) is 0. The SMILES string of the molecule is Cc1cc(C)c2cc(Br)oc2c1. The molecule has 12 heavy (non-hydrogen) atoms. The zero-order chi connectivity index (χ0) is 8.72. The van der Waals surface area contributed by atoms with Gasteiger partial charge >= 0.3 is 0 Å². The second kappa shape index (κ2) is 2.63. The molecule has 0 aliphatic heterocycles. The average molecular weight is 225 g/mol. The normalized spacial score (nSPS) is 10.9. The van der Waals surface area contributed by atoms with E-state index in [0.29, 0.717) is 0 Å². The molecule has 0 N–H and O–H groups in total. The molecule has 0 aliphatic rings. The molecule has 0 saturated carbocycles. The van der Waals surface area contributed by atoms with Crippen molar-refractivity contribution in [2.45, 2.75) is 13.8 Å². The zero-order valence-electron chi connectivity index (χ0n) is 7.02. The molecule has 1 aromatic carbocycles. The predicted molar refractivity (Wildman–Crippen MR) is 53.4 cm³/mol. The van der Waals surface area contributed by atoms with Crippen LogP contribution in [0.3, 0.4) is 0 Å². The van der Waals surface area contributed by atoms with Crippen LogP contribution in [-0.4, -0.2) is 0 Å². The number of benzene rings is 1. The fourth-order valence-corrected chi connectivity index (χ4v) is 1.86. The Balaban J connectivity index is 2.88. The van der Waals surface area contributed by atoms with Crippen molar-refractivity contribution in [3.05, 3.63) is 34.0 Å². The van der Waals surface area contributed by atoms with Gasteiger partial charge in [0.05, 0.1) is 0 Å². The molecule has 2 aromatic rings. The first-order valence-electron chi connectivity index (χ1n) is 3.83. The van der Waals surface area contributed by atoms with Crippen LogP contribution in [0.2, 0.25) is 0 Å². The number of aryl methyl sites for hydroxylation is 2. The standard InChI is InChI=1S/C10H9BrO/c1-6-3-7(2)8-5-10(11)12-9(8)4-6/h3-5H,1-2H3. The minimum atomic E-state index is 0.797. The monoisotopic (exact) mass is 224 g/mol. The van der Waals surface area contributed by atoms with E-state index in [2.05, 4.69) is 35.8 Å². The molecule has 2 heteroatoms. The molecular weight excluding hydrogens is 216 g/mol. The van der Waals surface area contributed by atoms with Gasteiger partial charge in [-0.25, -0.2) is 0 Å². The fourth-order valence-electron chi connectivity index (χ4n) is 1.46. The van der Waals surface area contributed by atoms with E-state index in [1.165, 1.54) is 16.5 Å². The van der Waals surface area contributed by atoms with Crippen molar-refractivity contribution in [3.8, 4) is 0 Å². The Morgan fingerprint density at radius 3 is 2.67 bits per heavy atom. The average Bonchev–Trinajstić information content (AvgIpc) is 2.29. The summed E-state index contributed by atoms with van der Waals surface area (Å²) in [6, 6.07) is 6.21. The van der Waals surface area contributed by atoms with E-state index in [1.807, 2.05) is 12.1 Å². The molecule has 0 spiro atoms. The van der Waals surface area contributed by atoms with Crippen LogP contribution in [0.25, 0.3) is 11.0 Å². The minimum absolute atomic E-state index is 0.797. The highest BCUT2D eigenvalue weighted by Crippen LogP contribution is 2.26. The summed E-state index contributed by atoms with van der Waals surface area (Å²) in [5, 5.41) is 1.19. The molecule has 1 nitrogen and oxygen atoms in total. The van der Waals surface area contributed by atoms with Crippen LogP contribution in [0.4, 0.5) is 0 Å². The lowest BCUT2D eigenvalue weighted by Crippen LogP contribution is -1.76. The number of rotatable bonds is 0. The van der Waals surface area contributed by atoms with E-state index in [0.717, 1.165) is 10.3 Å². The van der Waals surface area contributed by atoms with Crippen LogP contribution in [0.5, 0.6) is 0 Å². The number of fused-ring (bicyclic) bond motifs is 1. The first kappa shape index (κ1) is 7.87. The van der Waals surface area contributed by atoms with Gasteiger partial charge in [0.25, 0.3) is 0 Å². The lowest BCUT2D eigenvalue weighted by Gasteiger charge is -1.96. The van der Waals surface area contributed by atoms with E-state index < -0.39 is 0 Å². The van der Waals surface area contributed by atoms with Crippen LogP contribution in [0.1, 0.15) is 11.1 Å². The van der Waals surface area contributed by atoms with Crippen molar-refractivity contribution in [2.24, 2.45) is 0 Å². The zero-order valence-corrected chi connectivity index (χ0v) is 8.60. The number of furan rings is 1. The van der Waals surface area contributed by atoms with Gasteiger partial charge in [0.2, 0.25) is 0 Å². The first-order valence-corrected chi connectivity index (χ1v) is 4.62. The van der Waals surface area contributed by atoms with Crippen LogP contribution >= 0.6 is 15.9 Å². The Labute approximate surface area is 79.5 Å². The molecule has 0 amide bonds. The summed E-state index contributed by atoms with van der Waals surface area (Å²) in [7, 11) is 0. The smallest absolute Gasteiger partial charge is 0.170 e.